The summed E-state index contributed by atoms with van der Waals surface area (Å²) in [6.45, 7) is 11.1. The molecule has 0 aromatic carbocycles. The van der Waals surface area contributed by atoms with Gasteiger partial charge in [0.1, 0.15) is 11.5 Å². The monoisotopic (exact) mass is 442 g/mol. The van der Waals surface area contributed by atoms with Crippen LogP contribution in [0.15, 0.2) is 30.8 Å². The Hall–Kier alpha value is -1.28. The van der Waals surface area contributed by atoms with Crippen LogP contribution in [0, 0.1) is 10.8 Å². The molecular weight excluding hydrogens is 408 g/mol. The fraction of sp³-hybridized carbons (Fsp3) is 0.714. The highest BCUT2D eigenvalue weighted by Crippen LogP contribution is 2.43. The van der Waals surface area contributed by atoms with Gasteiger partial charge in [0.2, 0.25) is 0 Å². The van der Waals surface area contributed by atoms with E-state index >= 15 is 0 Å². The van der Waals surface area contributed by atoms with Crippen molar-refractivity contribution in [3.8, 4) is 0 Å². The summed E-state index contributed by atoms with van der Waals surface area (Å²) in [5.41, 5.74) is -0.416. The average molecular weight is 443 g/mol. The van der Waals surface area contributed by atoms with E-state index in [9.17, 15) is 9.59 Å². The number of hydrogen-bond acceptors (Lipinski definition) is 6. The summed E-state index contributed by atoms with van der Waals surface area (Å²) in [5, 5.41) is 4.68. The molecule has 2 aromatic rings. The summed E-state index contributed by atoms with van der Waals surface area (Å²) in [6, 6.07) is 2.86. The first kappa shape index (κ1) is 24.0. The second-order valence-corrected chi connectivity index (χ2v) is 11.7. The van der Waals surface area contributed by atoms with Gasteiger partial charge in [-0.1, -0.05) is 34.6 Å². The molecule has 2 heterocycles. The summed E-state index contributed by atoms with van der Waals surface area (Å²) in [6.07, 6.45) is 3.37. The zero-order valence-corrected chi connectivity index (χ0v) is 19.8. The van der Waals surface area contributed by atoms with Crippen LogP contribution in [-0.4, -0.2) is 33.3 Å². The summed E-state index contributed by atoms with van der Waals surface area (Å²) in [4.78, 5) is 23.1. The molecular formula is C21H34N2O4S2. The van der Waals surface area contributed by atoms with Crippen molar-refractivity contribution in [3.05, 3.63) is 44.4 Å². The topological polar surface area (TPSA) is 92.0 Å². The van der Waals surface area contributed by atoms with Crippen LogP contribution in [-0.2, 0) is 0 Å². The van der Waals surface area contributed by atoms with Gasteiger partial charge in [-0.3, -0.25) is 9.59 Å². The lowest BCUT2D eigenvalue weighted by molar-refractivity contribution is 0.217. The van der Waals surface area contributed by atoms with Crippen molar-refractivity contribution in [2.24, 2.45) is 10.8 Å². The van der Waals surface area contributed by atoms with E-state index in [1.807, 2.05) is 23.5 Å². The minimum absolute atomic E-state index is 0.245. The summed E-state index contributed by atoms with van der Waals surface area (Å²) >= 11 is 3.99. The molecule has 0 aliphatic rings. The van der Waals surface area contributed by atoms with Gasteiger partial charge < -0.3 is 9.05 Å². The number of rotatable bonds is 12. The zero-order valence-electron chi connectivity index (χ0n) is 18.1. The number of thioether (sulfide) groups is 2. The van der Waals surface area contributed by atoms with E-state index in [-0.39, 0.29) is 22.5 Å². The largest absolute Gasteiger partial charge is 0.383 e. The summed E-state index contributed by atoms with van der Waals surface area (Å²) in [7, 11) is 0. The van der Waals surface area contributed by atoms with Crippen molar-refractivity contribution in [1.82, 2.24) is 10.3 Å². The minimum Gasteiger partial charge on any atom is -0.383 e. The molecule has 0 amide bonds. The fourth-order valence-electron chi connectivity index (χ4n) is 3.11. The molecule has 0 aliphatic carbocycles. The van der Waals surface area contributed by atoms with E-state index in [1.165, 1.54) is 36.5 Å². The van der Waals surface area contributed by atoms with Gasteiger partial charge in [0, 0.05) is 12.1 Å². The van der Waals surface area contributed by atoms with Gasteiger partial charge in [0.15, 0.2) is 0 Å². The molecule has 2 rings (SSSR count). The van der Waals surface area contributed by atoms with Crippen LogP contribution < -0.4 is 11.1 Å². The second-order valence-electron chi connectivity index (χ2n) is 9.29. The van der Waals surface area contributed by atoms with Crippen molar-refractivity contribution in [2.75, 3.05) is 23.0 Å². The molecule has 2 aromatic heterocycles. The van der Waals surface area contributed by atoms with Crippen molar-refractivity contribution < 1.29 is 9.05 Å². The molecule has 8 heteroatoms. The van der Waals surface area contributed by atoms with Gasteiger partial charge in [-0.15, -0.1) is 0 Å². The number of H-pyrrole nitrogens is 2. The van der Waals surface area contributed by atoms with Gasteiger partial charge in [-0.2, -0.15) is 33.8 Å². The molecule has 0 aliphatic heterocycles. The van der Waals surface area contributed by atoms with Crippen LogP contribution >= 0.6 is 23.5 Å². The maximum Gasteiger partial charge on any atom is 0.280 e. The lowest BCUT2D eigenvalue weighted by atomic mass is 9.74. The molecule has 164 valence electrons. The highest BCUT2D eigenvalue weighted by Gasteiger charge is 2.37. The van der Waals surface area contributed by atoms with Gasteiger partial charge in [0.05, 0.1) is 5.92 Å². The van der Waals surface area contributed by atoms with Crippen molar-refractivity contribution in [3.63, 3.8) is 0 Å². The number of aromatic nitrogens is 2. The molecule has 0 atom stereocenters. The predicted octanol–water partition coefficient (Wildman–Crippen LogP) is 5.09. The highest BCUT2D eigenvalue weighted by atomic mass is 32.2. The first-order chi connectivity index (χ1) is 13.6. The number of aromatic amines is 2. The molecule has 0 fully saturated rings. The Morgan fingerprint density at radius 1 is 0.828 bits per heavy atom. The highest BCUT2D eigenvalue weighted by molar-refractivity contribution is 8.00. The molecule has 0 spiro atoms. The first-order valence-corrected chi connectivity index (χ1v) is 12.4. The third-order valence-electron chi connectivity index (χ3n) is 4.90. The van der Waals surface area contributed by atoms with Gasteiger partial charge in [-0.25, -0.2) is 0 Å². The molecule has 0 unspecified atom stereocenters. The number of hydrogen-bond donors (Lipinski definition) is 2. The second kappa shape index (κ2) is 10.7. The SMILES string of the molecule is CC(C)(C)CCSCCCSCCC(C)(C)C(c1cc(=O)[nH]o1)c1cc(=O)[nH]o1. The van der Waals surface area contributed by atoms with E-state index in [1.54, 1.807) is 0 Å². The van der Waals surface area contributed by atoms with Gasteiger partial charge in [0.25, 0.3) is 11.1 Å². The van der Waals surface area contributed by atoms with Crippen LogP contribution in [0.4, 0.5) is 0 Å². The Balaban J connectivity index is 1.81. The van der Waals surface area contributed by atoms with Crippen LogP contribution in [0.2, 0.25) is 0 Å². The van der Waals surface area contributed by atoms with E-state index < -0.39 is 0 Å². The Morgan fingerprint density at radius 3 is 1.72 bits per heavy atom. The summed E-state index contributed by atoms with van der Waals surface area (Å²) < 4.78 is 10.7. The van der Waals surface area contributed by atoms with E-state index in [4.69, 9.17) is 9.05 Å². The van der Waals surface area contributed by atoms with Crippen molar-refractivity contribution in [2.45, 2.75) is 59.8 Å². The quantitative estimate of drug-likeness (QED) is 0.445. The fourth-order valence-corrected chi connectivity index (χ4v) is 5.83. The lowest BCUT2D eigenvalue weighted by Gasteiger charge is -2.31. The average Bonchev–Trinajstić information content (AvgIpc) is 3.21. The third-order valence-corrected chi connectivity index (χ3v) is 7.04. The molecule has 29 heavy (non-hydrogen) atoms. The molecule has 2 N–H and O–H groups in total. The standard InChI is InChI=1S/C21H34N2O4S2/c1-20(2,3)7-11-28-9-6-10-29-12-8-21(4,5)19(15-13-17(24)22-26-15)16-14-18(25)23-27-16/h13-14,19H,6-12H2,1-5H3,(H,22,24)(H,23,25). The first-order valence-electron chi connectivity index (χ1n) is 10.1. The normalized spacial score (nSPS) is 12.8. The molecule has 0 saturated carbocycles. The van der Waals surface area contributed by atoms with Crippen LogP contribution in [0.1, 0.15) is 71.3 Å². The predicted molar refractivity (Wildman–Crippen MR) is 122 cm³/mol. The van der Waals surface area contributed by atoms with Gasteiger partial charge >= 0.3 is 0 Å². The Morgan fingerprint density at radius 2 is 1.31 bits per heavy atom. The van der Waals surface area contributed by atoms with E-state index in [0.29, 0.717) is 16.9 Å². The van der Waals surface area contributed by atoms with Crippen LogP contribution in [0.3, 0.4) is 0 Å². The molecule has 0 saturated heterocycles. The Labute approximate surface area is 180 Å². The zero-order chi connectivity index (χ0) is 21.5. The lowest BCUT2D eigenvalue weighted by Crippen LogP contribution is -2.24. The number of nitrogens with one attached hydrogen (secondary N) is 2. The molecule has 0 bridgehead atoms. The maximum atomic E-state index is 11.6. The summed E-state index contributed by atoms with van der Waals surface area (Å²) in [5.74, 6) is 5.24. The van der Waals surface area contributed by atoms with Crippen LogP contribution in [0.5, 0.6) is 0 Å². The third kappa shape index (κ3) is 8.16. The minimum atomic E-state index is -0.311. The molecule has 0 radical (unpaired) electrons. The Kier molecular flexibility index (Phi) is 8.82. The van der Waals surface area contributed by atoms with Crippen LogP contribution in [0.25, 0.3) is 0 Å². The smallest absolute Gasteiger partial charge is 0.280 e. The van der Waals surface area contributed by atoms with Crippen molar-refractivity contribution >= 4 is 23.5 Å². The van der Waals surface area contributed by atoms with Gasteiger partial charge in [-0.05, 0) is 53.1 Å². The maximum absolute atomic E-state index is 11.6. The Bertz CT molecular complexity index is 793. The van der Waals surface area contributed by atoms with E-state index in [2.05, 4.69) is 44.9 Å². The molecule has 6 nitrogen and oxygen atoms in total. The van der Waals surface area contributed by atoms with E-state index in [0.717, 1.165) is 17.9 Å². The van der Waals surface area contributed by atoms with Crippen molar-refractivity contribution in [1.29, 1.82) is 0 Å².